The fraction of sp³-hybridized carbons (Fsp3) is 0.545. The van der Waals surface area contributed by atoms with Crippen LogP contribution in [0.5, 0.6) is 0 Å². The number of nitrogens with two attached hydrogens (primary N) is 1. The average molecular weight is 351 g/mol. The first-order valence-electron chi connectivity index (χ1n) is 5.77. The Balaban J connectivity index is 2.91. The molecule has 0 saturated heterocycles. The van der Waals surface area contributed by atoms with Crippen LogP contribution in [0.25, 0.3) is 0 Å². The van der Waals surface area contributed by atoms with E-state index in [2.05, 4.69) is 51.8 Å². The number of sulfonamides is 1. The fourth-order valence-corrected chi connectivity index (χ4v) is 3.03. The van der Waals surface area contributed by atoms with Gasteiger partial charge in [0.15, 0.2) is 5.82 Å². The van der Waals surface area contributed by atoms with Gasteiger partial charge in [-0.3, -0.25) is 0 Å². The first-order chi connectivity index (χ1) is 8.65. The highest BCUT2D eigenvalue weighted by atomic mass is 79.9. The lowest BCUT2D eigenvalue weighted by Gasteiger charge is -2.18. The molecule has 108 valence electrons. The van der Waals surface area contributed by atoms with E-state index in [1.54, 1.807) is 0 Å². The third-order valence-corrected chi connectivity index (χ3v) is 4.32. The molecule has 6 nitrogen and oxygen atoms in total. The second kappa shape index (κ2) is 6.17. The van der Waals surface area contributed by atoms with E-state index in [9.17, 15) is 8.42 Å². The van der Waals surface area contributed by atoms with Crippen LogP contribution in [0, 0.1) is 5.41 Å². The summed E-state index contributed by atoms with van der Waals surface area (Å²) in [7, 11) is -3.63. The van der Waals surface area contributed by atoms with Crippen molar-refractivity contribution in [3.05, 3.63) is 16.7 Å². The van der Waals surface area contributed by atoms with Crippen LogP contribution < -0.4 is 16.0 Å². The van der Waals surface area contributed by atoms with Gasteiger partial charge in [0.1, 0.15) is 4.90 Å². The van der Waals surface area contributed by atoms with Crippen molar-refractivity contribution in [1.82, 2.24) is 9.71 Å². The quantitative estimate of drug-likeness (QED) is 0.556. The zero-order valence-electron chi connectivity index (χ0n) is 11.2. The molecule has 19 heavy (non-hydrogen) atoms. The molecular weight excluding hydrogens is 332 g/mol. The largest absolute Gasteiger partial charge is 0.307 e. The number of halogens is 1. The van der Waals surface area contributed by atoms with Gasteiger partial charge in [-0.1, -0.05) is 20.8 Å². The van der Waals surface area contributed by atoms with E-state index in [1.807, 2.05) is 0 Å². The molecule has 0 bridgehead atoms. The molecule has 0 spiro atoms. The zero-order chi connectivity index (χ0) is 14.7. The minimum atomic E-state index is -3.63. The molecule has 1 aromatic heterocycles. The van der Waals surface area contributed by atoms with Crippen molar-refractivity contribution in [2.45, 2.75) is 32.1 Å². The van der Waals surface area contributed by atoms with Crippen LogP contribution >= 0.6 is 15.9 Å². The Labute approximate surface area is 122 Å². The summed E-state index contributed by atoms with van der Waals surface area (Å²) in [5.41, 5.74) is 2.35. The molecule has 0 saturated carbocycles. The molecule has 8 heteroatoms. The summed E-state index contributed by atoms with van der Waals surface area (Å²) in [6.07, 6.45) is 2.21. The first-order valence-corrected chi connectivity index (χ1v) is 8.05. The van der Waals surface area contributed by atoms with Crippen LogP contribution in [0.1, 0.15) is 27.2 Å². The molecule has 0 aliphatic rings. The van der Waals surface area contributed by atoms with E-state index in [0.717, 1.165) is 6.42 Å². The minimum Gasteiger partial charge on any atom is -0.307 e. The van der Waals surface area contributed by atoms with Crippen molar-refractivity contribution >= 4 is 31.8 Å². The Kier molecular flexibility index (Phi) is 5.31. The Morgan fingerprint density at radius 2 is 2.05 bits per heavy atom. The number of nitrogens with one attached hydrogen (secondary N) is 2. The van der Waals surface area contributed by atoms with Gasteiger partial charge in [0.05, 0.1) is 0 Å². The topological polar surface area (TPSA) is 97.1 Å². The smallest absolute Gasteiger partial charge is 0.244 e. The molecule has 0 amide bonds. The van der Waals surface area contributed by atoms with E-state index in [0.29, 0.717) is 11.0 Å². The molecule has 0 radical (unpaired) electrons. The molecule has 0 aliphatic heterocycles. The van der Waals surface area contributed by atoms with Gasteiger partial charge in [0, 0.05) is 17.2 Å². The second-order valence-corrected chi connectivity index (χ2v) is 8.00. The van der Waals surface area contributed by atoms with Gasteiger partial charge in [0.2, 0.25) is 10.0 Å². The van der Waals surface area contributed by atoms with Gasteiger partial charge in [-0.25, -0.2) is 24.0 Å². The molecular formula is C11H19BrN4O2S. The molecule has 1 heterocycles. The van der Waals surface area contributed by atoms with Crippen molar-refractivity contribution in [2.24, 2.45) is 11.3 Å². The molecule has 1 rings (SSSR count). The van der Waals surface area contributed by atoms with Gasteiger partial charge in [-0.2, -0.15) is 0 Å². The van der Waals surface area contributed by atoms with Crippen LogP contribution in [0.3, 0.4) is 0 Å². The van der Waals surface area contributed by atoms with Crippen molar-refractivity contribution in [1.29, 1.82) is 0 Å². The van der Waals surface area contributed by atoms with Crippen LogP contribution in [0.15, 0.2) is 21.6 Å². The Bertz CT molecular complexity index is 540. The van der Waals surface area contributed by atoms with Crippen LogP contribution in [0.2, 0.25) is 0 Å². The maximum atomic E-state index is 12.2. The first kappa shape index (κ1) is 16.4. The highest BCUT2D eigenvalue weighted by Gasteiger charge is 2.20. The molecule has 0 atom stereocenters. The molecule has 1 aromatic rings. The molecule has 0 fully saturated rings. The highest BCUT2D eigenvalue weighted by molar-refractivity contribution is 9.10. The van der Waals surface area contributed by atoms with E-state index in [4.69, 9.17) is 5.84 Å². The summed E-state index contributed by atoms with van der Waals surface area (Å²) in [6, 6.07) is 1.46. The Morgan fingerprint density at radius 1 is 1.42 bits per heavy atom. The Morgan fingerprint density at radius 3 is 2.58 bits per heavy atom. The predicted molar refractivity (Wildman–Crippen MR) is 79.0 cm³/mol. The number of anilines is 1. The average Bonchev–Trinajstić information content (AvgIpc) is 2.27. The summed E-state index contributed by atoms with van der Waals surface area (Å²) < 4.78 is 27.5. The van der Waals surface area contributed by atoms with Crippen LogP contribution in [-0.4, -0.2) is 19.9 Å². The van der Waals surface area contributed by atoms with Crippen LogP contribution in [0.4, 0.5) is 5.82 Å². The number of pyridine rings is 1. The summed E-state index contributed by atoms with van der Waals surface area (Å²) in [5.74, 6) is 5.39. The number of nitrogen functional groups attached to an aromatic ring is 1. The fourth-order valence-electron chi connectivity index (χ4n) is 1.37. The van der Waals surface area contributed by atoms with Crippen LogP contribution in [-0.2, 0) is 10.0 Å². The number of hydrogen-bond acceptors (Lipinski definition) is 5. The highest BCUT2D eigenvalue weighted by Crippen LogP contribution is 2.23. The van der Waals surface area contributed by atoms with E-state index < -0.39 is 10.0 Å². The molecule has 4 N–H and O–H groups in total. The number of hydrogen-bond donors (Lipinski definition) is 3. The van der Waals surface area contributed by atoms with Crippen molar-refractivity contribution in [2.75, 3.05) is 12.0 Å². The standard InChI is InChI=1S/C11H19BrN4O2S/c1-11(2,3)4-5-15-19(17,18)9-6-8(12)7-14-10(9)16-13/h6-7,15H,4-5,13H2,1-3H3,(H,14,16). The second-order valence-electron chi connectivity index (χ2n) is 5.35. The predicted octanol–water partition coefficient (Wildman–Crippen LogP) is 1.84. The molecule has 0 unspecified atom stereocenters. The maximum Gasteiger partial charge on any atom is 0.244 e. The minimum absolute atomic E-state index is 0.0262. The summed E-state index contributed by atoms with van der Waals surface area (Å²) in [5, 5.41) is 0. The van der Waals surface area contributed by atoms with Gasteiger partial charge in [0.25, 0.3) is 0 Å². The van der Waals surface area contributed by atoms with Crippen molar-refractivity contribution in [3.63, 3.8) is 0 Å². The third kappa shape index (κ3) is 5.06. The number of rotatable bonds is 5. The zero-order valence-corrected chi connectivity index (χ0v) is 13.6. The molecule has 0 aliphatic carbocycles. The molecule has 0 aromatic carbocycles. The van der Waals surface area contributed by atoms with Crippen molar-refractivity contribution < 1.29 is 8.42 Å². The lowest BCUT2D eigenvalue weighted by Crippen LogP contribution is -2.28. The van der Waals surface area contributed by atoms with Gasteiger partial charge >= 0.3 is 0 Å². The SMILES string of the molecule is CC(C)(C)CCNS(=O)(=O)c1cc(Br)cnc1NN. The lowest BCUT2D eigenvalue weighted by atomic mass is 9.93. The van der Waals surface area contributed by atoms with Crippen molar-refractivity contribution in [3.8, 4) is 0 Å². The number of aromatic nitrogens is 1. The van der Waals surface area contributed by atoms with E-state index in [-0.39, 0.29) is 16.1 Å². The van der Waals surface area contributed by atoms with E-state index in [1.165, 1.54) is 12.3 Å². The van der Waals surface area contributed by atoms with Gasteiger partial charge < -0.3 is 5.43 Å². The van der Waals surface area contributed by atoms with Gasteiger partial charge in [-0.15, -0.1) is 0 Å². The Hall–Kier alpha value is -0.700. The number of nitrogens with zero attached hydrogens (tertiary/aromatic N) is 1. The number of hydrazine groups is 1. The third-order valence-electron chi connectivity index (χ3n) is 2.41. The summed E-state index contributed by atoms with van der Waals surface area (Å²) in [4.78, 5) is 3.94. The normalized spacial score (nSPS) is 12.5. The lowest BCUT2D eigenvalue weighted by molar-refractivity contribution is 0.378. The maximum absolute atomic E-state index is 12.2. The summed E-state index contributed by atoms with van der Waals surface area (Å²) in [6.45, 7) is 6.51. The summed E-state index contributed by atoms with van der Waals surface area (Å²) >= 11 is 3.19. The van der Waals surface area contributed by atoms with Gasteiger partial charge in [-0.05, 0) is 33.8 Å². The monoisotopic (exact) mass is 350 g/mol. The van der Waals surface area contributed by atoms with E-state index >= 15 is 0 Å².